The molecular formula is C10H17BrN2S. The minimum Gasteiger partial charge on any atom is -0.214 e. The lowest BCUT2D eigenvalue weighted by molar-refractivity contribution is 0.306. The quantitative estimate of drug-likeness (QED) is 0.837. The Morgan fingerprint density at radius 3 is 2.50 bits per heavy atom. The highest BCUT2D eigenvalue weighted by Gasteiger charge is 2.16. The van der Waals surface area contributed by atoms with Crippen LogP contribution in [0.15, 0.2) is 4.73 Å². The Kier molecular flexibility index (Phi) is 4.07. The van der Waals surface area contributed by atoms with Crippen molar-refractivity contribution in [3.05, 3.63) is 9.74 Å². The van der Waals surface area contributed by atoms with Crippen LogP contribution in [0.25, 0.3) is 0 Å². The molecule has 0 bridgehead atoms. The number of nitrogens with zero attached hydrogens (tertiary/aromatic N) is 2. The Morgan fingerprint density at radius 2 is 2.07 bits per heavy atom. The van der Waals surface area contributed by atoms with E-state index in [1.165, 1.54) is 18.0 Å². The maximum absolute atomic E-state index is 4.30. The fourth-order valence-corrected chi connectivity index (χ4v) is 2.99. The summed E-state index contributed by atoms with van der Waals surface area (Å²) >= 11 is 4.77. The van der Waals surface area contributed by atoms with Crippen LogP contribution in [0.4, 0.5) is 0 Å². The molecule has 14 heavy (non-hydrogen) atoms. The van der Waals surface area contributed by atoms with E-state index in [9.17, 15) is 0 Å². The number of halogens is 1. The van der Waals surface area contributed by atoms with Crippen LogP contribution in [0.5, 0.6) is 0 Å². The summed E-state index contributed by atoms with van der Waals surface area (Å²) in [6.07, 6.45) is 2.27. The van der Waals surface area contributed by atoms with Crippen LogP contribution < -0.4 is 0 Å². The Morgan fingerprint density at radius 1 is 1.43 bits per heavy atom. The van der Waals surface area contributed by atoms with Gasteiger partial charge in [0, 0.05) is 6.42 Å². The Bertz CT molecular complexity index is 291. The van der Waals surface area contributed by atoms with E-state index in [-0.39, 0.29) is 0 Å². The third-order valence-electron chi connectivity index (χ3n) is 1.93. The van der Waals surface area contributed by atoms with Crippen molar-refractivity contribution in [2.24, 2.45) is 11.3 Å². The normalized spacial score (nSPS) is 14.4. The molecular weight excluding hydrogens is 260 g/mol. The standard InChI is InChI=1S/C10H17BrN2S/c1-7(6-10(2,3)4)5-8-12-9(11)13-14-8/h7H,5-6H2,1-4H3. The molecule has 0 spiro atoms. The van der Waals surface area contributed by atoms with Crippen molar-refractivity contribution in [2.45, 2.75) is 40.5 Å². The van der Waals surface area contributed by atoms with Crippen molar-refractivity contribution in [3.8, 4) is 0 Å². The Balaban J connectivity index is 2.45. The molecule has 80 valence electrons. The first-order valence-corrected chi connectivity index (χ1v) is 6.41. The number of hydrogen-bond acceptors (Lipinski definition) is 3. The molecule has 0 amide bonds. The smallest absolute Gasteiger partial charge is 0.209 e. The zero-order chi connectivity index (χ0) is 10.8. The van der Waals surface area contributed by atoms with Gasteiger partial charge in [-0.25, -0.2) is 4.98 Å². The molecule has 1 heterocycles. The molecule has 0 aliphatic heterocycles. The lowest BCUT2D eigenvalue weighted by Crippen LogP contribution is -2.12. The highest BCUT2D eigenvalue weighted by molar-refractivity contribution is 9.10. The molecule has 0 aromatic carbocycles. The monoisotopic (exact) mass is 276 g/mol. The van der Waals surface area contributed by atoms with Crippen molar-refractivity contribution in [1.82, 2.24) is 9.36 Å². The van der Waals surface area contributed by atoms with Gasteiger partial charge in [-0.1, -0.05) is 27.7 Å². The molecule has 1 aromatic rings. The Labute approximate surface area is 98.4 Å². The molecule has 1 atom stereocenters. The van der Waals surface area contributed by atoms with Crippen molar-refractivity contribution in [1.29, 1.82) is 0 Å². The summed E-state index contributed by atoms with van der Waals surface area (Å²) in [5.41, 5.74) is 0.404. The third-order valence-corrected chi connectivity index (χ3v) is 3.25. The minimum absolute atomic E-state index is 0.404. The summed E-state index contributed by atoms with van der Waals surface area (Å²) < 4.78 is 4.84. The van der Waals surface area contributed by atoms with Crippen molar-refractivity contribution < 1.29 is 0 Å². The largest absolute Gasteiger partial charge is 0.214 e. The second-order valence-corrected chi connectivity index (χ2v) is 6.58. The number of rotatable bonds is 3. The van der Waals surface area contributed by atoms with Crippen molar-refractivity contribution in [2.75, 3.05) is 0 Å². The van der Waals surface area contributed by atoms with Crippen LogP contribution in [0.1, 0.15) is 39.1 Å². The Hall–Kier alpha value is 0.0400. The molecule has 0 saturated carbocycles. The summed E-state index contributed by atoms with van der Waals surface area (Å²) in [6.45, 7) is 9.11. The molecule has 0 aliphatic rings. The summed E-state index contributed by atoms with van der Waals surface area (Å²) in [7, 11) is 0. The highest BCUT2D eigenvalue weighted by atomic mass is 79.9. The van der Waals surface area contributed by atoms with Gasteiger partial charge < -0.3 is 0 Å². The predicted octanol–water partition coefficient (Wildman–Crippen LogP) is 3.92. The average molecular weight is 277 g/mol. The van der Waals surface area contributed by atoms with Crippen LogP contribution >= 0.6 is 27.5 Å². The first kappa shape index (κ1) is 12.1. The molecule has 4 heteroatoms. The van der Waals surface area contributed by atoms with Gasteiger partial charge in [0.25, 0.3) is 0 Å². The van der Waals surface area contributed by atoms with Crippen molar-refractivity contribution >= 4 is 27.5 Å². The number of hydrogen-bond donors (Lipinski definition) is 0. The topological polar surface area (TPSA) is 25.8 Å². The first-order valence-electron chi connectivity index (χ1n) is 4.85. The zero-order valence-corrected chi connectivity index (χ0v) is 11.6. The molecule has 1 rings (SSSR count). The molecule has 1 aromatic heterocycles. The van der Waals surface area contributed by atoms with E-state index in [1.807, 2.05) is 0 Å². The van der Waals surface area contributed by atoms with Gasteiger partial charge in [0.2, 0.25) is 4.73 Å². The van der Waals surface area contributed by atoms with Gasteiger partial charge in [0.1, 0.15) is 5.01 Å². The van der Waals surface area contributed by atoms with Gasteiger partial charge in [0.15, 0.2) is 0 Å². The first-order chi connectivity index (χ1) is 6.37. The van der Waals surface area contributed by atoms with Crippen LogP contribution in [0.3, 0.4) is 0 Å². The van der Waals surface area contributed by atoms with Gasteiger partial charge in [-0.15, -0.1) is 0 Å². The lowest BCUT2D eigenvalue weighted by atomic mass is 9.84. The average Bonchev–Trinajstić information content (AvgIpc) is 2.30. The SMILES string of the molecule is CC(Cc1nc(Br)ns1)CC(C)(C)C. The van der Waals surface area contributed by atoms with E-state index in [1.54, 1.807) is 0 Å². The van der Waals surface area contributed by atoms with Gasteiger partial charge in [-0.3, -0.25) is 0 Å². The van der Waals surface area contributed by atoms with E-state index >= 15 is 0 Å². The fraction of sp³-hybridized carbons (Fsp3) is 0.800. The maximum atomic E-state index is 4.30. The fourth-order valence-electron chi connectivity index (χ4n) is 1.73. The molecule has 0 saturated heterocycles. The summed E-state index contributed by atoms with van der Waals surface area (Å²) in [6, 6.07) is 0. The van der Waals surface area contributed by atoms with Crippen LogP contribution in [-0.4, -0.2) is 9.36 Å². The highest BCUT2D eigenvalue weighted by Crippen LogP contribution is 2.26. The molecule has 0 fully saturated rings. The van der Waals surface area contributed by atoms with Gasteiger partial charge >= 0.3 is 0 Å². The van der Waals surface area contributed by atoms with E-state index in [0.29, 0.717) is 11.3 Å². The molecule has 2 nitrogen and oxygen atoms in total. The third kappa shape index (κ3) is 4.51. The molecule has 0 aliphatic carbocycles. The molecule has 0 radical (unpaired) electrons. The van der Waals surface area contributed by atoms with Crippen LogP contribution in [0.2, 0.25) is 0 Å². The van der Waals surface area contributed by atoms with Gasteiger partial charge in [0.05, 0.1) is 0 Å². The molecule has 0 N–H and O–H groups in total. The summed E-state index contributed by atoms with van der Waals surface area (Å²) in [5, 5.41) is 1.13. The van der Waals surface area contributed by atoms with E-state index in [2.05, 4.69) is 53.0 Å². The predicted molar refractivity (Wildman–Crippen MR) is 64.5 cm³/mol. The van der Waals surface area contributed by atoms with E-state index in [4.69, 9.17) is 0 Å². The zero-order valence-electron chi connectivity index (χ0n) is 9.17. The summed E-state index contributed by atoms with van der Waals surface area (Å²) in [5.74, 6) is 0.676. The summed E-state index contributed by atoms with van der Waals surface area (Å²) in [4.78, 5) is 4.30. The van der Waals surface area contributed by atoms with Gasteiger partial charge in [-0.2, -0.15) is 4.37 Å². The second-order valence-electron chi connectivity index (χ2n) is 5.03. The minimum atomic E-state index is 0.404. The van der Waals surface area contributed by atoms with Crippen molar-refractivity contribution in [3.63, 3.8) is 0 Å². The van der Waals surface area contributed by atoms with Crippen LogP contribution in [0, 0.1) is 11.3 Å². The molecule has 1 unspecified atom stereocenters. The van der Waals surface area contributed by atoms with E-state index in [0.717, 1.165) is 16.2 Å². The number of aromatic nitrogens is 2. The lowest BCUT2D eigenvalue weighted by Gasteiger charge is -2.22. The maximum Gasteiger partial charge on any atom is 0.209 e. The second kappa shape index (κ2) is 4.71. The van der Waals surface area contributed by atoms with E-state index < -0.39 is 0 Å². The van der Waals surface area contributed by atoms with Gasteiger partial charge in [-0.05, 0) is 45.2 Å². The van der Waals surface area contributed by atoms with Crippen LogP contribution in [-0.2, 0) is 6.42 Å².